The van der Waals surface area contributed by atoms with Gasteiger partial charge in [-0.25, -0.2) is 8.42 Å². The van der Waals surface area contributed by atoms with Gasteiger partial charge in [-0.15, -0.1) is 0 Å². The second-order valence-electron chi connectivity index (χ2n) is 8.95. The molecule has 9 nitrogen and oxygen atoms in total. The van der Waals surface area contributed by atoms with Gasteiger partial charge in [0.25, 0.3) is 10.0 Å². The number of hydrogen-bond donors (Lipinski definition) is 4. The van der Waals surface area contributed by atoms with E-state index in [0.29, 0.717) is 14.4 Å². The van der Waals surface area contributed by atoms with Gasteiger partial charge in [0, 0.05) is 56.5 Å². The first-order chi connectivity index (χ1) is 18.1. The van der Waals surface area contributed by atoms with Gasteiger partial charge in [-0.1, -0.05) is 23.2 Å². The number of sulfonamides is 1. The molecule has 1 aromatic heterocycles. The lowest BCUT2D eigenvalue weighted by atomic mass is 10.2. The number of fused-ring (bicyclic) bond motifs is 1. The van der Waals surface area contributed by atoms with E-state index in [4.69, 9.17) is 23.2 Å². The summed E-state index contributed by atoms with van der Waals surface area (Å²) in [6.45, 7) is 6.01. The molecule has 2 aromatic carbocycles. The third kappa shape index (κ3) is 5.69. The molecular formula is C24H27Cl2N5O4P2S. The van der Waals surface area contributed by atoms with Crippen LogP contribution in [0.5, 0.6) is 0 Å². The molecule has 1 unspecified atom stereocenters. The fourth-order valence-electron chi connectivity index (χ4n) is 4.55. The predicted octanol–water partition coefficient (Wildman–Crippen LogP) is 4.53. The SMILES string of the molecule is CC1=C(n2ccc3cc(N(CP(O)O)S(=O)(=O)c4cc(Cl)cc(Cl)c4)ccc32)NPC(N2CCNCC2)=C1. The maximum Gasteiger partial charge on any atom is 0.264 e. The topological polar surface area (TPSA) is 110 Å². The minimum Gasteiger partial charge on any atom is -0.367 e. The molecule has 3 aromatic rings. The monoisotopic (exact) mass is 613 g/mol. The molecule has 0 radical (unpaired) electrons. The van der Waals surface area contributed by atoms with E-state index in [1.807, 2.05) is 22.9 Å². The molecule has 4 N–H and O–H groups in total. The zero-order chi connectivity index (χ0) is 27.0. The van der Waals surface area contributed by atoms with Crippen molar-refractivity contribution in [3.05, 3.63) is 75.8 Å². The van der Waals surface area contributed by atoms with Crippen LogP contribution in [0.2, 0.25) is 10.0 Å². The zero-order valence-corrected chi connectivity index (χ0v) is 24.6. The van der Waals surface area contributed by atoms with Crippen LogP contribution in [-0.2, 0) is 10.0 Å². The molecule has 14 heteroatoms. The summed E-state index contributed by atoms with van der Waals surface area (Å²) in [7, 11) is -6.31. The second kappa shape index (κ2) is 11.3. The third-order valence-corrected chi connectivity index (χ3v) is 10.4. The summed E-state index contributed by atoms with van der Waals surface area (Å²) in [5.41, 5.74) is 3.58. The molecule has 0 saturated carbocycles. The number of aromatic nitrogens is 1. The fraction of sp³-hybridized carbons (Fsp3) is 0.250. The first kappa shape index (κ1) is 27.7. The molecular weight excluding hydrogens is 587 g/mol. The van der Waals surface area contributed by atoms with Gasteiger partial charge in [-0.3, -0.25) is 4.31 Å². The van der Waals surface area contributed by atoms with Crippen molar-refractivity contribution in [2.24, 2.45) is 0 Å². The summed E-state index contributed by atoms with van der Waals surface area (Å²) in [4.78, 5) is 21.8. The largest absolute Gasteiger partial charge is 0.367 e. The Morgan fingerprint density at radius 2 is 1.79 bits per heavy atom. The fourth-order valence-corrected chi connectivity index (χ4v) is 8.95. The lowest BCUT2D eigenvalue weighted by Crippen LogP contribution is -2.42. The number of allylic oxidation sites excluding steroid dienone is 2. The first-order valence-corrected chi connectivity index (χ1v) is 16.4. The molecule has 0 spiro atoms. The summed E-state index contributed by atoms with van der Waals surface area (Å²) < 4.78 is 30.1. The number of benzene rings is 2. The van der Waals surface area contributed by atoms with E-state index in [2.05, 4.69) is 28.3 Å². The number of nitrogens with zero attached hydrogens (tertiary/aromatic N) is 3. The molecule has 0 aliphatic carbocycles. The van der Waals surface area contributed by atoms with Crippen LogP contribution in [-0.4, -0.2) is 60.1 Å². The number of piperazine rings is 1. The smallest absolute Gasteiger partial charge is 0.264 e. The van der Waals surface area contributed by atoms with Crippen LogP contribution in [0, 0.1) is 0 Å². The van der Waals surface area contributed by atoms with E-state index in [0.717, 1.165) is 52.8 Å². The van der Waals surface area contributed by atoms with Gasteiger partial charge in [-0.05, 0) is 61.0 Å². The number of rotatable bonds is 7. The van der Waals surface area contributed by atoms with Gasteiger partial charge < -0.3 is 29.7 Å². The zero-order valence-electron chi connectivity index (χ0n) is 20.4. The van der Waals surface area contributed by atoms with Gasteiger partial charge in [0.2, 0.25) is 0 Å². The van der Waals surface area contributed by atoms with Crippen molar-refractivity contribution in [1.82, 2.24) is 19.9 Å². The highest BCUT2D eigenvalue weighted by Crippen LogP contribution is 2.38. The highest BCUT2D eigenvalue weighted by molar-refractivity contribution is 7.93. The van der Waals surface area contributed by atoms with Crippen LogP contribution in [0.3, 0.4) is 0 Å². The average molecular weight is 614 g/mol. The molecule has 2 aliphatic heterocycles. The number of halogens is 2. The van der Waals surface area contributed by atoms with Crippen LogP contribution >= 0.6 is 40.3 Å². The Labute approximate surface area is 234 Å². The van der Waals surface area contributed by atoms with Crippen molar-refractivity contribution in [3.8, 4) is 0 Å². The van der Waals surface area contributed by atoms with Crippen molar-refractivity contribution in [3.63, 3.8) is 0 Å². The number of anilines is 1. The van der Waals surface area contributed by atoms with E-state index in [1.165, 1.54) is 23.6 Å². The summed E-state index contributed by atoms with van der Waals surface area (Å²) in [5.74, 6) is 0.970. The first-order valence-electron chi connectivity index (χ1n) is 11.8. The lowest BCUT2D eigenvalue weighted by Gasteiger charge is -2.34. The molecule has 5 rings (SSSR count). The molecule has 38 heavy (non-hydrogen) atoms. The summed E-state index contributed by atoms with van der Waals surface area (Å²) >= 11 is 12.1. The maximum atomic E-state index is 13.5. The Bertz CT molecular complexity index is 1520. The van der Waals surface area contributed by atoms with E-state index < -0.39 is 24.7 Å². The van der Waals surface area contributed by atoms with Crippen LogP contribution in [0.25, 0.3) is 16.7 Å². The van der Waals surface area contributed by atoms with Crippen molar-refractivity contribution < 1.29 is 18.2 Å². The second-order valence-corrected chi connectivity index (χ2v) is 13.7. The van der Waals surface area contributed by atoms with Crippen molar-refractivity contribution >= 4 is 72.7 Å². The quantitative estimate of drug-likeness (QED) is 0.290. The minimum atomic E-state index is -4.19. The van der Waals surface area contributed by atoms with Crippen molar-refractivity contribution in [1.29, 1.82) is 0 Å². The molecule has 2 aliphatic rings. The molecule has 0 bridgehead atoms. The Hall–Kier alpha value is -1.87. The van der Waals surface area contributed by atoms with Crippen molar-refractivity contribution in [2.75, 3.05) is 36.8 Å². The number of hydrogen-bond acceptors (Lipinski definition) is 7. The Morgan fingerprint density at radius 1 is 1.08 bits per heavy atom. The molecule has 202 valence electrons. The van der Waals surface area contributed by atoms with Gasteiger partial charge in [0.15, 0.2) is 8.38 Å². The van der Waals surface area contributed by atoms with Crippen molar-refractivity contribution in [2.45, 2.75) is 11.8 Å². The highest BCUT2D eigenvalue weighted by Gasteiger charge is 2.28. The van der Waals surface area contributed by atoms with E-state index >= 15 is 0 Å². The summed E-state index contributed by atoms with van der Waals surface area (Å²) in [6, 6.07) is 11.1. The molecule has 1 saturated heterocycles. The Balaban J connectivity index is 1.50. The minimum absolute atomic E-state index is 0.134. The van der Waals surface area contributed by atoms with Gasteiger partial charge in [0.1, 0.15) is 12.1 Å². The Morgan fingerprint density at radius 3 is 2.45 bits per heavy atom. The number of nitrogens with one attached hydrogen (secondary N) is 2. The average Bonchev–Trinajstić information content (AvgIpc) is 3.30. The van der Waals surface area contributed by atoms with E-state index in [1.54, 1.807) is 12.1 Å². The molecule has 1 atom stereocenters. The van der Waals surface area contributed by atoms with Crippen LogP contribution < -0.4 is 14.7 Å². The molecule has 1 fully saturated rings. The standard InChI is InChI=1S/C24H27Cl2N5O4P2S/c1-16-10-23(29-8-5-27-6-9-29)36-28-24(16)30-7-4-17-11-20(2-3-22(17)30)31(15-37(32)33)38(34,35)21-13-18(25)12-19(26)14-21/h2-4,7,10-14,27-28,32-33,36H,5-6,8-9,15H2,1H3. The highest BCUT2D eigenvalue weighted by atomic mass is 35.5. The molecule has 3 heterocycles. The Kier molecular flexibility index (Phi) is 8.25. The summed E-state index contributed by atoms with van der Waals surface area (Å²) in [5, 5.41) is 8.08. The summed E-state index contributed by atoms with van der Waals surface area (Å²) in [6.07, 6.45) is 3.67. The van der Waals surface area contributed by atoms with Crippen LogP contribution in [0.1, 0.15) is 6.92 Å². The predicted molar refractivity (Wildman–Crippen MR) is 157 cm³/mol. The third-order valence-electron chi connectivity index (χ3n) is 6.38. The van der Waals surface area contributed by atoms with E-state index in [9.17, 15) is 18.2 Å². The lowest BCUT2D eigenvalue weighted by molar-refractivity contribution is 0.316. The van der Waals surface area contributed by atoms with Crippen LogP contribution in [0.15, 0.2) is 70.6 Å². The van der Waals surface area contributed by atoms with Crippen LogP contribution in [0.4, 0.5) is 5.69 Å². The van der Waals surface area contributed by atoms with E-state index in [-0.39, 0.29) is 14.9 Å². The van der Waals surface area contributed by atoms with Gasteiger partial charge >= 0.3 is 0 Å². The molecule has 0 amide bonds. The van der Waals surface area contributed by atoms with Gasteiger partial charge in [0.05, 0.1) is 21.5 Å². The normalized spacial score (nSPS) is 17.3. The maximum absolute atomic E-state index is 13.5. The van der Waals surface area contributed by atoms with Gasteiger partial charge in [-0.2, -0.15) is 0 Å².